The molecule has 0 bridgehead atoms. The van der Waals surface area contributed by atoms with Gasteiger partial charge in [0.05, 0.1) is 4.47 Å². The lowest BCUT2D eigenvalue weighted by atomic mass is 10.3. The number of hydrogen-bond acceptors (Lipinski definition) is 3. The zero-order chi connectivity index (χ0) is 15.6. The molecule has 22 heavy (non-hydrogen) atoms. The molecule has 0 aliphatic heterocycles. The van der Waals surface area contributed by atoms with Crippen LogP contribution in [0.4, 0.5) is 0 Å². The molecule has 2 aromatic rings. The smallest absolute Gasteiger partial charge is 0.257 e. The number of thioether (sulfide) groups is 1. The molecule has 0 saturated carbocycles. The maximum absolute atomic E-state index is 11.7. The number of amides is 1. The summed E-state index contributed by atoms with van der Waals surface area (Å²) in [6, 6.07) is 17.7. The van der Waals surface area contributed by atoms with Gasteiger partial charge in [0.1, 0.15) is 5.75 Å². The Morgan fingerprint density at radius 2 is 1.82 bits per heavy atom. The molecule has 2 aromatic carbocycles. The van der Waals surface area contributed by atoms with Gasteiger partial charge in [0.2, 0.25) is 0 Å². The van der Waals surface area contributed by atoms with Crippen molar-refractivity contribution in [3.8, 4) is 5.75 Å². The summed E-state index contributed by atoms with van der Waals surface area (Å²) in [6.45, 7) is 0.701. The highest BCUT2D eigenvalue weighted by atomic mass is 79.9. The third-order valence-electron chi connectivity index (χ3n) is 2.85. The summed E-state index contributed by atoms with van der Waals surface area (Å²) in [5.41, 5.74) is 0. The number of rotatable bonds is 8. The van der Waals surface area contributed by atoms with Crippen molar-refractivity contribution in [2.24, 2.45) is 0 Å². The average molecular weight is 380 g/mol. The van der Waals surface area contributed by atoms with Gasteiger partial charge in [0.25, 0.3) is 5.91 Å². The topological polar surface area (TPSA) is 38.3 Å². The quantitative estimate of drug-likeness (QED) is 0.553. The van der Waals surface area contributed by atoms with E-state index >= 15 is 0 Å². The number of benzene rings is 2. The number of carbonyl (C=O) groups excluding carboxylic acids is 1. The van der Waals surface area contributed by atoms with Crippen molar-refractivity contribution in [1.82, 2.24) is 5.32 Å². The predicted molar refractivity (Wildman–Crippen MR) is 94.4 cm³/mol. The van der Waals surface area contributed by atoms with Crippen LogP contribution in [0.15, 0.2) is 64.0 Å². The zero-order valence-corrected chi connectivity index (χ0v) is 14.5. The van der Waals surface area contributed by atoms with Crippen LogP contribution in [0.2, 0.25) is 0 Å². The SMILES string of the molecule is O=C(COc1ccccc1Br)NCCCSc1ccccc1. The standard InChI is InChI=1S/C17H18BrNO2S/c18-15-9-4-5-10-16(15)21-13-17(20)19-11-6-12-22-14-7-2-1-3-8-14/h1-5,7-10H,6,11-13H2,(H,19,20). The van der Waals surface area contributed by atoms with E-state index < -0.39 is 0 Å². The first-order valence-electron chi connectivity index (χ1n) is 7.07. The molecule has 0 aliphatic carbocycles. The molecule has 5 heteroatoms. The van der Waals surface area contributed by atoms with E-state index in [1.165, 1.54) is 4.90 Å². The minimum absolute atomic E-state index is 0.0362. The van der Waals surface area contributed by atoms with Crippen LogP contribution in [-0.4, -0.2) is 24.8 Å². The molecular weight excluding hydrogens is 362 g/mol. The molecule has 0 spiro atoms. The monoisotopic (exact) mass is 379 g/mol. The van der Waals surface area contributed by atoms with Crippen LogP contribution < -0.4 is 10.1 Å². The molecule has 2 rings (SSSR count). The number of ether oxygens (including phenoxy) is 1. The van der Waals surface area contributed by atoms with E-state index in [0.29, 0.717) is 12.3 Å². The molecule has 0 fully saturated rings. The van der Waals surface area contributed by atoms with Crippen LogP contribution >= 0.6 is 27.7 Å². The van der Waals surface area contributed by atoms with Gasteiger partial charge in [-0.15, -0.1) is 11.8 Å². The summed E-state index contributed by atoms with van der Waals surface area (Å²) in [5.74, 6) is 1.56. The Bertz CT molecular complexity index is 592. The summed E-state index contributed by atoms with van der Waals surface area (Å²) >= 11 is 5.18. The van der Waals surface area contributed by atoms with E-state index in [0.717, 1.165) is 16.6 Å². The van der Waals surface area contributed by atoms with Crippen molar-refractivity contribution >= 4 is 33.6 Å². The highest BCUT2D eigenvalue weighted by Crippen LogP contribution is 2.23. The van der Waals surface area contributed by atoms with Gasteiger partial charge in [-0.25, -0.2) is 0 Å². The van der Waals surface area contributed by atoms with Gasteiger partial charge in [-0.3, -0.25) is 4.79 Å². The fourth-order valence-electron chi connectivity index (χ4n) is 1.76. The zero-order valence-electron chi connectivity index (χ0n) is 12.1. The van der Waals surface area contributed by atoms with E-state index in [2.05, 4.69) is 33.4 Å². The minimum atomic E-state index is -0.0968. The minimum Gasteiger partial charge on any atom is -0.483 e. The van der Waals surface area contributed by atoms with Gasteiger partial charge in [-0.05, 0) is 52.4 Å². The maximum Gasteiger partial charge on any atom is 0.257 e. The normalized spacial score (nSPS) is 10.2. The second-order valence-corrected chi connectivity index (χ2v) is 6.61. The fraction of sp³-hybridized carbons (Fsp3) is 0.235. The number of nitrogens with one attached hydrogen (secondary N) is 1. The molecule has 116 valence electrons. The van der Waals surface area contributed by atoms with E-state index in [9.17, 15) is 4.79 Å². The molecule has 3 nitrogen and oxygen atoms in total. The molecule has 1 N–H and O–H groups in total. The number of halogens is 1. The van der Waals surface area contributed by atoms with Crippen molar-refractivity contribution in [3.05, 3.63) is 59.1 Å². The first kappa shape index (κ1) is 16.9. The second-order valence-electron chi connectivity index (χ2n) is 4.58. The molecule has 0 heterocycles. The van der Waals surface area contributed by atoms with E-state index in [4.69, 9.17) is 4.74 Å². The summed E-state index contributed by atoms with van der Waals surface area (Å²) in [6.07, 6.45) is 0.931. The lowest BCUT2D eigenvalue weighted by molar-refractivity contribution is -0.123. The van der Waals surface area contributed by atoms with Crippen molar-refractivity contribution in [2.45, 2.75) is 11.3 Å². The average Bonchev–Trinajstić information content (AvgIpc) is 2.55. The van der Waals surface area contributed by atoms with Crippen LogP contribution in [0.3, 0.4) is 0 Å². The van der Waals surface area contributed by atoms with Gasteiger partial charge in [0, 0.05) is 11.4 Å². The highest BCUT2D eigenvalue weighted by Gasteiger charge is 2.04. The van der Waals surface area contributed by atoms with Crippen molar-refractivity contribution in [3.63, 3.8) is 0 Å². The number of para-hydroxylation sites is 1. The number of hydrogen-bond donors (Lipinski definition) is 1. The molecule has 1 amide bonds. The van der Waals surface area contributed by atoms with Gasteiger partial charge in [0.15, 0.2) is 6.61 Å². The summed E-state index contributed by atoms with van der Waals surface area (Å²) in [5, 5.41) is 2.87. The Balaban J connectivity index is 1.57. The van der Waals surface area contributed by atoms with Gasteiger partial charge in [-0.1, -0.05) is 30.3 Å². The lowest BCUT2D eigenvalue weighted by Crippen LogP contribution is -2.30. The Morgan fingerprint density at radius 1 is 1.09 bits per heavy atom. The highest BCUT2D eigenvalue weighted by molar-refractivity contribution is 9.10. The van der Waals surface area contributed by atoms with E-state index in [1.807, 2.05) is 42.5 Å². The maximum atomic E-state index is 11.7. The largest absolute Gasteiger partial charge is 0.483 e. The first-order chi connectivity index (χ1) is 10.8. The second kappa shape index (κ2) is 9.54. The predicted octanol–water partition coefficient (Wildman–Crippen LogP) is 4.13. The summed E-state index contributed by atoms with van der Waals surface area (Å²) < 4.78 is 6.31. The van der Waals surface area contributed by atoms with E-state index in [1.54, 1.807) is 11.8 Å². The van der Waals surface area contributed by atoms with Crippen molar-refractivity contribution in [1.29, 1.82) is 0 Å². The molecule has 0 radical (unpaired) electrons. The van der Waals surface area contributed by atoms with Gasteiger partial charge in [-0.2, -0.15) is 0 Å². The van der Waals surface area contributed by atoms with Crippen LogP contribution in [0.5, 0.6) is 5.75 Å². The van der Waals surface area contributed by atoms with Gasteiger partial charge >= 0.3 is 0 Å². The summed E-state index contributed by atoms with van der Waals surface area (Å²) in [7, 11) is 0. The lowest BCUT2D eigenvalue weighted by Gasteiger charge is -2.08. The van der Waals surface area contributed by atoms with Gasteiger partial charge < -0.3 is 10.1 Å². The van der Waals surface area contributed by atoms with Crippen molar-refractivity contribution in [2.75, 3.05) is 18.9 Å². The molecule has 0 saturated heterocycles. The third kappa shape index (κ3) is 6.12. The number of carbonyl (C=O) groups is 1. The first-order valence-corrected chi connectivity index (χ1v) is 8.85. The summed E-state index contributed by atoms with van der Waals surface area (Å²) in [4.78, 5) is 13.0. The van der Waals surface area contributed by atoms with Crippen LogP contribution in [0, 0.1) is 0 Å². The van der Waals surface area contributed by atoms with Crippen molar-refractivity contribution < 1.29 is 9.53 Å². The van der Waals surface area contributed by atoms with Crippen LogP contribution in [0.25, 0.3) is 0 Å². The molecule has 0 aliphatic rings. The van der Waals surface area contributed by atoms with E-state index in [-0.39, 0.29) is 12.5 Å². The van der Waals surface area contributed by atoms with Crippen LogP contribution in [-0.2, 0) is 4.79 Å². The Kier molecular flexibility index (Phi) is 7.33. The fourth-order valence-corrected chi connectivity index (χ4v) is 3.04. The molecule has 0 unspecified atom stereocenters. The molecule has 0 aromatic heterocycles. The Hall–Kier alpha value is -1.46. The molecular formula is C17H18BrNO2S. The Morgan fingerprint density at radius 3 is 2.59 bits per heavy atom. The third-order valence-corrected chi connectivity index (χ3v) is 4.60. The Labute approximate surface area is 143 Å². The molecule has 0 atom stereocenters. The van der Waals surface area contributed by atoms with Crippen LogP contribution in [0.1, 0.15) is 6.42 Å².